The standard InChI is InChI=1S/C10H8N2O5/c11-7(8(10(14)15)12(16)17)9(13)6-4-2-1-3-5-6/h1-5H,11H2,(H,14,15). The second-order valence-electron chi connectivity index (χ2n) is 3.02. The average molecular weight is 236 g/mol. The van der Waals surface area contributed by atoms with Gasteiger partial charge >= 0.3 is 11.7 Å². The Labute approximate surface area is 95.3 Å². The quantitative estimate of drug-likeness (QED) is 0.337. The molecule has 0 unspecified atom stereocenters. The van der Waals surface area contributed by atoms with Crippen LogP contribution in [0.15, 0.2) is 41.7 Å². The first kappa shape index (κ1) is 12.4. The number of rotatable bonds is 4. The maximum absolute atomic E-state index is 11.6. The van der Waals surface area contributed by atoms with Crippen molar-refractivity contribution in [2.45, 2.75) is 0 Å². The highest BCUT2D eigenvalue weighted by Crippen LogP contribution is 2.09. The minimum atomic E-state index is -1.85. The minimum Gasteiger partial charge on any atom is -0.473 e. The largest absolute Gasteiger partial charge is 0.473 e. The van der Waals surface area contributed by atoms with Crippen molar-refractivity contribution in [3.05, 3.63) is 57.4 Å². The van der Waals surface area contributed by atoms with E-state index in [1.807, 2.05) is 0 Å². The van der Waals surface area contributed by atoms with Gasteiger partial charge in [0.25, 0.3) is 0 Å². The third-order valence-corrected chi connectivity index (χ3v) is 1.92. The van der Waals surface area contributed by atoms with Crippen LogP contribution in [0.1, 0.15) is 10.4 Å². The summed E-state index contributed by atoms with van der Waals surface area (Å²) in [4.78, 5) is 31.5. The van der Waals surface area contributed by atoms with Gasteiger partial charge in [-0.3, -0.25) is 14.9 Å². The fraction of sp³-hybridized carbons (Fsp3) is 0. The molecule has 0 spiro atoms. The molecule has 0 atom stereocenters. The SMILES string of the molecule is NC(C(=O)c1ccccc1)=C(C(=O)O)[N+](=O)[O-]. The first-order chi connectivity index (χ1) is 7.95. The molecule has 1 aromatic rings. The number of carbonyl (C=O) groups is 2. The number of carboxylic acids is 1. The molecule has 7 nitrogen and oxygen atoms in total. The summed E-state index contributed by atoms with van der Waals surface area (Å²) in [6.07, 6.45) is 0. The van der Waals surface area contributed by atoms with Crippen molar-refractivity contribution in [2.24, 2.45) is 5.73 Å². The monoisotopic (exact) mass is 236 g/mol. The lowest BCUT2D eigenvalue weighted by Gasteiger charge is -2.00. The molecular weight excluding hydrogens is 228 g/mol. The number of aliphatic carboxylic acids is 1. The summed E-state index contributed by atoms with van der Waals surface area (Å²) in [5.74, 6) is -2.74. The summed E-state index contributed by atoms with van der Waals surface area (Å²) in [7, 11) is 0. The zero-order chi connectivity index (χ0) is 13.0. The Hall–Kier alpha value is -2.70. The zero-order valence-electron chi connectivity index (χ0n) is 8.49. The molecule has 0 saturated heterocycles. The Morgan fingerprint density at radius 3 is 2.18 bits per heavy atom. The van der Waals surface area contributed by atoms with Crippen LogP contribution in [-0.4, -0.2) is 21.8 Å². The van der Waals surface area contributed by atoms with Crippen LogP contribution in [0.2, 0.25) is 0 Å². The number of Topliss-reactive ketones (excluding diaryl/α,β-unsaturated/α-hetero) is 1. The van der Waals surface area contributed by atoms with Crippen molar-refractivity contribution in [3.63, 3.8) is 0 Å². The average Bonchev–Trinajstić information content (AvgIpc) is 2.28. The van der Waals surface area contributed by atoms with Crippen LogP contribution in [0.4, 0.5) is 0 Å². The molecule has 1 rings (SSSR count). The highest BCUT2D eigenvalue weighted by atomic mass is 16.6. The Bertz CT molecular complexity index is 491. The van der Waals surface area contributed by atoms with E-state index >= 15 is 0 Å². The number of ketones is 1. The molecule has 0 aliphatic heterocycles. The van der Waals surface area contributed by atoms with Crippen molar-refractivity contribution >= 4 is 11.8 Å². The number of benzene rings is 1. The normalized spacial score (nSPS) is 11.5. The molecule has 17 heavy (non-hydrogen) atoms. The molecule has 0 amide bonds. The lowest BCUT2D eigenvalue weighted by atomic mass is 10.1. The molecule has 7 heteroatoms. The van der Waals surface area contributed by atoms with Crippen LogP contribution in [-0.2, 0) is 4.79 Å². The van der Waals surface area contributed by atoms with Crippen LogP contribution >= 0.6 is 0 Å². The highest BCUT2D eigenvalue weighted by molar-refractivity contribution is 6.11. The van der Waals surface area contributed by atoms with E-state index in [-0.39, 0.29) is 5.56 Å². The number of nitrogens with zero attached hydrogens (tertiary/aromatic N) is 1. The molecule has 0 saturated carbocycles. The van der Waals surface area contributed by atoms with Gasteiger partial charge in [0.1, 0.15) is 0 Å². The number of carbonyl (C=O) groups excluding carboxylic acids is 1. The summed E-state index contributed by atoms with van der Waals surface area (Å²) in [5.41, 5.74) is 3.08. The van der Waals surface area contributed by atoms with Crippen molar-refractivity contribution in [1.29, 1.82) is 0 Å². The van der Waals surface area contributed by atoms with Gasteiger partial charge in [-0.25, -0.2) is 4.79 Å². The van der Waals surface area contributed by atoms with Gasteiger partial charge < -0.3 is 10.8 Å². The summed E-state index contributed by atoms with van der Waals surface area (Å²) < 4.78 is 0. The lowest BCUT2D eigenvalue weighted by Crippen LogP contribution is -2.23. The fourth-order valence-electron chi connectivity index (χ4n) is 1.14. The van der Waals surface area contributed by atoms with E-state index in [0.717, 1.165) is 0 Å². The van der Waals surface area contributed by atoms with E-state index in [9.17, 15) is 19.7 Å². The molecule has 0 aliphatic carbocycles. The summed E-state index contributed by atoms with van der Waals surface area (Å²) in [6, 6.07) is 7.48. The van der Waals surface area contributed by atoms with Crippen LogP contribution in [0.5, 0.6) is 0 Å². The van der Waals surface area contributed by atoms with Gasteiger partial charge in [0.2, 0.25) is 5.78 Å². The summed E-state index contributed by atoms with van der Waals surface area (Å²) in [6.45, 7) is 0. The van der Waals surface area contributed by atoms with E-state index in [1.165, 1.54) is 24.3 Å². The Morgan fingerprint density at radius 1 is 1.24 bits per heavy atom. The molecule has 0 radical (unpaired) electrons. The lowest BCUT2D eigenvalue weighted by molar-refractivity contribution is -0.421. The van der Waals surface area contributed by atoms with E-state index in [4.69, 9.17) is 10.8 Å². The summed E-state index contributed by atoms with van der Waals surface area (Å²) in [5, 5.41) is 19.0. The van der Waals surface area contributed by atoms with Gasteiger partial charge in [-0.05, 0) is 0 Å². The molecule has 0 aliphatic rings. The highest BCUT2D eigenvalue weighted by Gasteiger charge is 2.29. The van der Waals surface area contributed by atoms with Crippen LogP contribution in [0.25, 0.3) is 0 Å². The maximum Gasteiger partial charge on any atom is 0.409 e. The third-order valence-electron chi connectivity index (χ3n) is 1.92. The Morgan fingerprint density at radius 2 is 1.76 bits per heavy atom. The number of carboxylic acid groups (broad SMARTS) is 1. The predicted octanol–water partition coefficient (Wildman–Crippen LogP) is 0.401. The number of allylic oxidation sites excluding steroid dienone is 1. The van der Waals surface area contributed by atoms with Crippen molar-refractivity contribution in [1.82, 2.24) is 0 Å². The number of hydrogen-bond donors (Lipinski definition) is 2. The van der Waals surface area contributed by atoms with Crippen LogP contribution in [0, 0.1) is 10.1 Å². The molecule has 0 fully saturated rings. The van der Waals surface area contributed by atoms with E-state index in [0.29, 0.717) is 0 Å². The van der Waals surface area contributed by atoms with Gasteiger partial charge in [-0.2, -0.15) is 0 Å². The first-order valence-corrected chi connectivity index (χ1v) is 4.42. The van der Waals surface area contributed by atoms with Gasteiger partial charge in [-0.15, -0.1) is 0 Å². The van der Waals surface area contributed by atoms with Gasteiger partial charge in [-0.1, -0.05) is 30.3 Å². The predicted molar refractivity (Wildman–Crippen MR) is 56.6 cm³/mol. The number of hydrogen-bond acceptors (Lipinski definition) is 5. The van der Waals surface area contributed by atoms with E-state index in [2.05, 4.69) is 0 Å². The fourth-order valence-corrected chi connectivity index (χ4v) is 1.14. The van der Waals surface area contributed by atoms with Crippen molar-refractivity contribution in [2.75, 3.05) is 0 Å². The number of nitro groups is 1. The molecule has 0 heterocycles. The molecule has 0 bridgehead atoms. The molecule has 0 aromatic heterocycles. The third kappa shape index (κ3) is 2.65. The van der Waals surface area contributed by atoms with Crippen molar-refractivity contribution < 1.29 is 19.6 Å². The number of nitrogens with two attached hydrogens (primary N) is 1. The molecular formula is C10H8N2O5. The smallest absolute Gasteiger partial charge is 0.409 e. The Balaban J connectivity index is 3.24. The van der Waals surface area contributed by atoms with Gasteiger partial charge in [0, 0.05) is 5.56 Å². The second kappa shape index (κ2) is 4.88. The van der Waals surface area contributed by atoms with Crippen LogP contribution in [0.3, 0.4) is 0 Å². The van der Waals surface area contributed by atoms with E-state index < -0.39 is 28.1 Å². The topological polar surface area (TPSA) is 124 Å². The van der Waals surface area contributed by atoms with Crippen LogP contribution < -0.4 is 5.73 Å². The Kier molecular flexibility index (Phi) is 3.55. The summed E-state index contributed by atoms with van der Waals surface area (Å²) >= 11 is 0. The second-order valence-corrected chi connectivity index (χ2v) is 3.02. The maximum atomic E-state index is 11.6. The van der Waals surface area contributed by atoms with Gasteiger partial charge in [0.15, 0.2) is 5.70 Å². The first-order valence-electron chi connectivity index (χ1n) is 4.42. The molecule has 3 N–H and O–H groups in total. The molecule has 88 valence electrons. The van der Waals surface area contributed by atoms with E-state index in [1.54, 1.807) is 6.07 Å². The van der Waals surface area contributed by atoms with Gasteiger partial charge in [0.05, 0.1) is 4.92 Å². The minimum absolute atomic E-state index is 0.0885. The zero-order valence-corrected chi connectivity index (χ0v) is 8.49. The molecule has 1 aromatic carbocycles. The van der Waals surface area contributed by atoms with Crippen molar-refractivity contribution in [3.8, 4) is 0 Å².